The van der Waals surface area contributed by atoms with E-state index in [1.54, 1.807) is 39.8 Å². The van der Waals surface area contributed by atoms with Crippen molar-refractivity contribution in [2.75, 3.05) is 11.9 Å². The van der Waals surface area contributed by atoms with Crippen LogP contribution >= 0.6 is 0 Å². The van der Waals surface area contributed by atoms with Crippen molar-refractivity contribution in [3.63, 3.8) is 0 Å². The zero-order valence-corrected chi connectivity index (χ0v) is 19.6. The summed E-state index contributed by atoms with van der Waals surface area (Å²) in [6, 6.07) is 3.34. The van der Waals surface area contributed by atoms with Gasteiger partial charge in [0.25, 0.3) is 0 Å². The Morgan fingerprint density at radius 2 is 1.71 bits per heavy atom. The summed E-state index contributed by atoms with van der Waals surface area (Å²) < 4.78 is 16.5. The lowest BCUT2D eigenvalue weighted by Crippen LogP contribution is -2.40. The summed E-state index contributed by atoms with van der Waals surface area (Å²) in [6.07, 6.45) is -0.662. The summed E-state index contributed by atoms with van der Waals surface area (Å²) in [6.45, 7) is 18.3. The standard InChI is InChI=1S/C20H34N2O5Si/c1-10-25-17(23)16-15(22-18(24)27-19(2,3)4)12-11-14(21-16)13-26-28(8,9)20(5,6)7/h11-12H,10,13H2,1-9H3,(H,22,24). The van der Waals surface area contributed by atoms with Crippen LogP contribution < -0.4 is 5.32 Å². The molecule has 0 bridgehead atoms. The molecule has 0 aliphatic rings. The molecule has 1 rings (SSSR count). The van der Waals surface area contributed by atoms with Crippen LogP contribution in [-0.4, -0.2) is 37.6 Å². The van der Waals surface area contributed by atoms with E-state index < -0.39 is 26.0 Å². The molecule has 8 heteroatoms. The second-order valence-corrected chi connectivity index (χ2v) is 13.9. The van der Waals surface area contributed by atoms with E-state index in [9.17, 15) is 9.59 Å². The second-order valence-electron chi connectivity index (χ2n) is 9.10. The van der Waals surface area contributed by atoms with Gasteiger partial charge in [-0.2, -0.15) is 0 Å². The van der Waals surface area contributed by atoms with E-state index in [1.165, 1.54) is 0 Å². The summed E-state index contributed by atoms with van der Waals surface area (Å²) >= 11 is 0. The number of hydrogen-bond acceptors (Lipinski definition) is 6. The maximum atomic E-state index is 12.3. The van der Waals surface area contributed by atoms with Gasteiger partial charge in [0.15, 0.2) is 14.0 Å². The van der Waals surface area contributed by atoms with Gasteiger partial charge in [0.1, 0.15) is 5.60 Å². The lowest BCUT2D eigenvalue weighted by molar-refractivity contribution is 0.0520. The Hall–Kier alpha value is -1.93. The summed E-state index contributed by atoms with van der Waals surface area (Å²) in [5.41, 5.74) is 0.217. The molecule has 0 spiro atoms. The van der Waals surface area contributed by atoms with Crippen molar-refractivity contribution in [2.45, 2.75) is 78.8 Å². The first-order valence-electron chi connectivity index (χ1n) is 9.47. The summed E-state index contributed by atoms with van der Waals surface area (Å²) in [7, 11) is -1.96. The molecule has 0 fully saturated rings. The Morgan fingerprint density at radius 3 is 2.21 bits per heavy atom. The lowest BCUT2D eigenvalue weighted by Gasteiger charge is -2.36. The molecule has 0 saturated heterocycles. The number of carbonyl (C=O) groups excluding carboxylic acids is 2. The predicted molar refractivity (Wildman–Crippen MR) is 112 cm³/mol. The van der Waals surface area contributed by atoms with Crippen LogP contribution in [0.5, 0.6) is 0 Å². The van der Waals surface area contributed by atoms with E-state index in [0.717, 1.165) is 0 Å². The zero-order valence-electron chi connectivity index (χ0n) is 18.6. The summed E-state index contributed by atoms with van der Waals surface area (Å²) in [4.78, 5) is 28.8. The minimum Gasteiger partial charge on any atom is -0.461 e. The van der Waals surface area contributed by atoms with Gasteiger partial charge in [-0.25, -0.2) is 14.6 Å². The lowest BCUT2D eigenvalue weighted by atomic mass is 10.2. The van der Waals surface area contributed by atoms with Crippen LogP contribution in [0.1, 0.15) is 64.6 Å². The van der Waals surface area contributed by atoms with E-state index in [1.807, 2.05) is 0 Å². The maximum Gasteiger partial charge on any atom is 0.412 e. The molecule has 0 atom stereocenters. The molecule has 28 heavy (non-hydrogen) atoms. The highest BCUT2D eigenvalue weighted by Crippen LogP contribution is 2.37. The molecule has 0 unspecified atom stereocenters. The summed E-state index contributed by atoms with van der Waals surface area (Å²) in [5, 5.41) is 2.64. The molecule has 7 nitrogen and oxygen atoms in total. The molecule has 1 amide bonds. The van der Waals surface area contributed by atoms with Crippen LogP contribution in [0.15, 0.2) is 12.1 Å². The monoisotopic (exact) mass is 410 g/mol. The number of rotatable bonds is 6. The number of pyridine rings is 1. The van der Waals surface area contributed by atoms with Crippen LogP contribution in [0.2, 0.25) is 18.1 Å². The number of aromatic nitrogens is 1. The molecule has 0 aliphatic heterocycles. The molecular weight excluding hydrogens is 376 g/mol. The number of nitrogens with one attached hydrogen (secondary N) is 1. The van der Waals surface area contributed by atoms with Gasteiger partial charge in [0.2, 0.25) is 0 Å². The number of ether oxygens (including phenoxy) is 2. The fourth-order valence-electron chi connectivity index (χ4n) is 1.92. The van der Waals surface area contributed by atoms with Crippen molar-refractivity contribution in [1.29, 1.82) is 0 Å². The maximum absolute atomic E-state index is 12.3. The molecule has 1 N–H and O–H groups in total. The first kappa shape index (κ1) is 24.1. The average molecular weight is 411 g/mol. The number of amides is 1. The van der Waals surface area contributed by atoms with E-state index in [2.05, 4.69) is 44.2 Å². The van der Waals surface area contributed by atoms with Crippen LogP contribution in [-0.2, 0) is 20.5 Å². The fraction of sp³-hybridized carbons (Fsp3) is 0.650. The molecule has 0 radical (unpaired) electrons. The highest BCUT2D eigenvalue weighted by molar-refractivity contribution is 6.74. The van der Waals surface area contributed by atoms with Crippen molar-refractivity contribution in [3.05, 3.63) is 23.5 Å². The Labute approximate surface area is 169 Å². The quantitative estimate of drug-likeness (QED) is 0.517. The molecule has 0 saturated carbocycles. The Bertz CT molecular complexity index is 706. The third-order valence-electron chi connectivity index (χ3n) is 4.44. The van der Waals surface area contributed by atoms with E-state index in [-0.39, 0.29) is 29.6 Å². The summed E-state index contributed by atoms with van der Waals surface area (Å²) in [5.74, 6) is -0.609. The van der Waals surface area contributed by atoms with Gasteiger partial charge in [-0.3, -0.25) is 5.32 Å². The molecule has 158 valence electrons. The van der Waals surface area contributed by atoms with Gasteiger partial charge in [-0.15, -0.1) is 0 Å². The third-order valence-corrected chi connectivity index (χ3v) is 8.92. The highest BCUT2D eigenvalue weighted by atomic mass is 28.4. The topological polar surface area (TPSA) is 86.8 Å². The van der Waals surface area contributed by atoms with Crippen molar-refractivity contribution >= 4 is 26.1 Å². The smallest absolute Gasteiger partial charge is 0.412 e. The molecule has 1 heterocycles. The zero-order chi connectivity index (χ0) is 21.8. The molecular formula is C20H34N2O5Si. The predicted octanol–water partition coefficient (Wildman–Crippen LogP) is 5.13. The highest BCUT2D eigenvalue weighted by Gasteiger charge is 2.37. The first-order chi connectivity index (χ1) is 12.7. The Kier molecular flexibility index (Phi) is 7.79. The van der Waals surface area contributed by atoms with Crippen molar-refractivity contribution in [3.8, 4) is 0 Å². The van der Waals surface area contributed by atoms with Crippen LogP contribution in [0.25, 0.3) is 0 Å². The van der Waals surface area contributed by atoms with Gasteiger partial charge in [-0.1, -0.05) is 20.8 Å². The number of carbonyl (C=O) groups is 2. The fourth-order valence-corrected chi connectivity index (χ4v) is 2.86. The van der Waals surface area contributed by atoms with E-state index in [4.69, 9.17) is 13.9 Å². The van der Waals surface area contributed by atoms with Gasteiger partial charge in [-0.05, 0) is 58.0 Å². The van der Waals surface area contributed by atoms with E-state index in [0.29, 0.717) is 5.69 Å². The number of nitrogens with zero attached hydrogens (tertiary/aromatic N) is 1. The van der Waals surface area contributed by atoms with Crippen molar-refractivity contribution in [1.82, 2.24) is 4.98 Å². The van der Waals surface area contributed by atoms with Crippen LogP contribution in [0.4, 0.5) is 10.5 Å². The van der Waals surface area contributed by atoms with Gasteiger partial charge in [0, 0.05) is 0 Å². The molecule has 0 aromatic carbocycles. The van der Waals surface area contributed by atoms with Gasteiger partial charge in [0.05, 0.1) is 24.6 Å². The minimum atomic E-state index is -1.96. The molecule has 1 aromatic heterocycles. The Balaban J connectivity index is 3.07. The number of anilines is 1. The van der Waals surface area contributed by atoms with Crippen molar-refractivity contribution in [2.24, 2.45) is 0 Å². The third kappa shape index (κ3) is 7.24. The largest absolute Gasteiger partial charge is 0.461 e. The normalized spacial score (nSPS) is 12.5. The molecule has 1 aromatic rings. The van der Waals surface area contributed by atoms with Crippen molar-refractivity contribution < 1.29 is 23.5 Å². The van der Waals surface area contributed by atoms with E-state index >= 15 is 0 Å². The Morgan fingerprint density at radius 1 is 1.11 bits per heavy atom. The number of hydrogen-bond donors (Lipinski definition) is 1. The molecule has 0 aliphatic carbocycles. The second kappa shape index (κ2) is 9.04. The average Bonchev–Trinajstić information content (AvgIpc) is 2.51. The number of esters is 1. The van der Waals surface area contributed by atoms with Crippen LogP contribution in [0, 0.1) is 0 Å². The minimum absolute atomic E-state index is 0.0315. The van der Waals surface area contributed by atoms with Gasteiger partial charge < -0.3 is 13.9 Å². The first-order valence-corrected chi connectivity index (χ1v) is 12.4. The SMILES string of the molecule is CCOC(=O)c1nc(CO[Si](C)(C)C(C)(C)C)ccc1NC(=O)OC(C)(C)C. The van der Waals surface area contributed by atoms with Gasteiger partial charge >= 0.3 is 12.1 Å². The van der Waals surface area contributed by atoms with Crippen LogP contribution in [0.3, 0.4) is 0 Å².